The number of hydrogen-bond acceptors (Lipinski definition) is 3. The third-order valence-electron chi connectivity index (χ3n) is 2.17. The molecule has 0 aromatic heterocycles. The van der Waals surface area contributed by atoms with Gasteiger partial charge in [-0.05, 0) is 30.4 Å². The molecule has 0 fully saturated rings. The maximum Gasteiger partial charge on any atom is 0.244 e. The van der Waals surface area contributed by atoms with Gasteiger partial charge in [-0.15, -0.1) is 0 Å². The van der Waals surface area contributed by atoms with E-state index in [0.29, 0.717) is 10.8 Å². The van der Waals surface area contributed by atoms with Crippen LogP contribution in [-0.2, 0) is 10.0 Å². The van der Waals surface area contributed by atoms with E-state index in [4.69, 9.17) is 23.8 Å². The molecule has 0 bridgehead atoms. The van der Waals surface area contributed by atoms with Crippen molar-refractivity contribution in [2.24, 2.45) is 0 Å². The van der Waals surface area contributed by atoms with E-state index < -0.39 is 10.0 Å². The predicted octanol–water partition coefficient (Wildman–Crippen LogP) is 1.51. The quantitative estimate of drug-likeness (QED) is 0.829. The number of sulfonamides is 1. The van der Waals surface area contributed by atoms with Crippen molar-refractivity contribution in [3.05, 3.63) is 23.2 Å². The van der Waals surface area contributed by atoms with E-state index >= 15 is 0 Å². The standard InChI is InChI=1S/C10H14ClN3O2S2/c1-12-10(17)13-7-4-5-8(11)9(6-7)18(15,16)14(2)3/h4-6H,1-3H3,(H2,12,13,17). The van der Waals surface area contributed by atoms with E-state index in [2.05, 4.69) is 10.6 Å². The van der Waals surface area contributed by atoms with Crippen molar-refractivity contribution in [1.29, 1.82) is 0 Å². The summed E-state index contributed by atoms with van der Waals surface area (Å²) in [7, 11) is 0.991. The van der Waals surface area contributed by atoms with E-state index in [9.17, 15) is 8.42 Å². The Hall–Kier alpha value is -0.890. The minimum atomic E-state index is -3.57. The summed E-state index contributed by atoms with van der Waals surface area (Å²) in [6.07, 6.45) is 0. The minimum Gasteiger partial charge on any atom is -0.366 e. The molecular weight excluding hydrogens is 294 g/mol. The van der Waals surface area contributed by atoms with Gasteiger partial charge >= 0.3 is 0 Å². The summed E-state index contributed by atoms with van der Waals surface area (Å²) in [4.78, 5) is 0.0399. The zero-order valence-corrected chi connectivity index (χ0v) is 12.6. The van der Waals surface area contributed by atoms with Gasteiger partial charge in [-0.1, -0.05) is 11.6 Å². The monoisotopic (exact) mass is 307 g/mol. The van der Waals surface area contributed by atoms with Gasteiger partial charge in [0.15, 0.2) is 5.11 Å². The largest absolute Gasteiger partial charge is 0.366 e. The van der Waals surface area contributed by atoms with Gasteiger partial charge in [-0.2, -0.15) is 0 Å². The van der Waals surface area contributed by atoms with Crippen molar-refractivity contribution < 1.29 is 8.42 Å². The molecule has 5 nitrogen and oxygen atoms in total. The van der Waals surface area contributed by atoms with Crippen LogP contribution < -0.4 is 10.6 Å². The van der Waals surface area contributed by atoms with E-state index in [1.807, 2.05) is 0 Å². The van der Waals surface area contributed by atoms with Crippen LogP contribution in [0.15, 0.2) is 23.1 Å². The van der Waals surface area contributed by atoms with Gasteiger partial charge in [-0.25, -0.2) is 12.7 Å². The minimum absolute atomic E-state index is 0.0399. The van der Waals surface area contributed by atoms with Crippen LogP contribution >= 0.6 is 23.8 Å². The summed E-state index contributed by atoms with van der Waals surface area (Å²) in [5.74, 6) is 0. The summed E-state index contributed by atoms with van der Waals surface area (Å²) < 4.78 is 25.2. The fourth-order valence-electron chi connectivity index (χ4n) is 1.17. The molecule has 0 unspecified atom stereocenters. The Morgan fingerprint density at radius 1 is 1.39 bits per heavy atom. The highest BCUT2D eigenvalue weighted by Crippen LogP contribution is 2.26. The molecule has 8 heteroatoms. The smallest absolute Gasteiger partial charge is 0.244 e. The number of rotatable bonds is 3. The van der Waals surface area contributed by atoms with Crippen LogP contribution in [-0.4, -0.2) is 39.0 Å². The second kappa shape index (κ2) is 5.83. The lowest BCUT2D eigenvalue weighted by Crippen LogP contribution is -2.25. The molecule has 0 radical (unpaired) electrons. The zero-order chi connectivity index (χ0) is 13.9. The third kappa shape index (κ3) is 3.32. The molecule has 1 aromatic rings. The molecule has 0 amide bonds. The summed E-state index contributed by atoms with van der Waals surface area (Å²) in [5.41, 5.74) is 0.555. The summed E-state index contributed by atoms with van der Waals surface area (Å²) in [6, 6.07) is 4.61. The normalized spacial score (nSPS) is 11.4. The number of anilines is 1. The highest BCUT2D eigenvalue weighted by atomic mass is 35.5. The zero-order valence-electron chi connectivity index (χ0n) is 10.2. The summed E-state index contributed by atoms with van der Waals surface area (Å²) >= 11 is 10.9. The molecule has 0 aliphatic carbocycles. The third-order valence-corrected chi connectivity index (χ3v) is 4.78. The second-order valence-corrected chi connectivity index (χ2v) is 6.57. The van der Waals surface area contributed by atoms with Gasteiger partial charge in [-0.3, -0.25) is 0 Å². The van der Waals surface area contributed by atoms with Crippen molar-refractivity contribution in [3.8, 4) is 0 Å². The number of halogens is 1. The van der Waals surface area contributed by atoms with Crippen molar-refractivity contribution in [2.45, 2.75) is 4.90 Å². The van der Waals surface area contributed by atoms with Gasteiger partial charge in [0, 0.05) is 26.8 Å². The van der Waals surface area contributed by atoms with Crippen LogP contribution in [0.25, 0.3) is 0 Å². The van der Waals surface area contributed by atoms with Gasteiger partial charge in [0.1, 0.15) is 4.90 Å². The molecule has 0 spiro atoms. The Bertz CT molecular complexity index is 558. The maximum atomic E-state index is 12.0. The molecule has 1 aromatic carbocycles. The van der Waals surface area contributed by atoms with E-state index in [1.54, 1.807) is 13.1 Å². The lowest BCUT2D eigenvalue weighted by Gasteiger charge is -2.14. The van der Waals surface area contributed by atoms with Crippen molar-refractivity contribution in [1.82, 2.24) is 9.62 Å². The molecule has 0 aliphatic rings. The van der Waals surface area contributed by atoms with E-state index in [1.165, 1.54) is 26.2 Å². The molecule has 1 rings (SSSR count). The average molecular weight is 308 g/mol. The predicted molar refractivity (Wildman–Crippen MR) is 77.6 cm³/mol. The number of hydrogen-bond donors (Lipinski definition) is 2. The topological polar surface area (TPSA) is 61.4 Å². The molecule has 0 aliphatic heterocycles. The van der Waals surface area contributed by atoms with Crippen LogP contribution in [0, 0.1) is 0 Å². The molecule has 100 valence electrons. The number of thiocarbonyl (C=S) groups is 1. The number of benzene rings is 1. The number of nitrogens with zero attached hydrogens (tertiary/aromatic N) is 1. The van der Waals surface area contributed by atoms with Crippen LogP contribution in [0.2, 0.25) is 5.02 Å². The van der Waals surface area contributed by atoms with Crippen LogP contribution in [0.1, 0.15) is 0 Å². The Kier molecular flexibility index (Phi) is 4.92. The summed E-state index contributed by atoms with van der Waals surface area (Å²) in [6.45, 7) is 0. The van der Waals surface area contributed by atoms with E-state index in [-0.39, 0.29) is 9.92 Å². The van der Waals surface area contributed by atoms with Crippen molar-refractivity contribution in [3.63, 3.8) is 0 Å². The lowest BCUT2D eigenvalue weighted by atomic mass is 10.3. The highest BCUT2D eigenvalue weighted by molar-refractivity contribution is 7.89. The van der Waals surface area contributed by atoms with Gasteiger partial charge in [0.05, 0.1) is 5.02 Å². The van der Waals surface area contributed by atoms with Crippen molar-refractivity contribution >= 4 is 44.6 Å². The first-order valence-electron chi connectivity index (χ1n) is 5.00. The Morgan fingerprint density at radius 3 is 2.50 bits per heavy atom. The SMILES string of the molecule is CNC(=S)Nc1ccc(Cl)c(S(=O)(=O)N(C)C)c1. The molecule has 0 saturated carbocycles. The maximum absolute atomic E-state index is 12.0. The first kappa shape index (κ1) is 15.2. The first-order chi connectivity index (χ1) is 8.28. The molecule has 0 heterocycles. The highest BCUT2D eigenvalue weighted by Gasteiger charge is 2.21. The van der Waals surface area contributed by atoms with E-state index in [0.717, 1.165) is 4.31 Å². The molecular formula is C10H14ClN3O2S2. The molecule has 18 heavy (non-hydrogen) atoms. The Labute approximate surface area is 117 Å². The van der Waals surface area contributed by atoms with Gasteiger partial charge in [0.25, 0.3) is 0 Å². The molecule has 0 saturated heterocycles. The fourth-order valence-corrected chi connectivity index (χ4v) is 2.68. The van der Waals surface area contributed by atoms with Crippen LogP contribution in [0.5, 0.6) is 0 Å². The second-order valence-electron chi connectivity index (χ2n) is 3.64. The first-order valence-corrected chi connectivity index (χ1v) is 7.22. The molecule has 2 N–H and O–H groups in total. The van der Waals surface area contributed by atoms with Crippen LogP contribution in [0.3, 0.4) is 0 Å². The van der Waals surface area contributed by atoms with Crippen LogP contribution in [0.4, 0.5) is 5.69 Å². The lowest BCUT2D eigenvalue weighted by molar-refractivity contribution is 0.521. The fraction of sp³-hybridized carbons (Fsp3) is 0.300. The Morgan fingerprint density at radius 2 is 2.00 bits per heavy atom. The van der Waals surface area contributed by atoms with Gasteiger partial charge < -0.3 is 10.6 Å². The number of nitrogens with one attached hydrogen (secondary N) is 2. The molecule has 0 atom stereocenters. The average Bonchev–Trinajstić information content (AvgIpc) is 2.31. The van der Waals surface area contributed by atoms with Crippen molar-refractivity contribution in [2.75, 3.05) is 26.5 Å². The summed E-state index contributed by atoms with van der Waals surface area (Å²) in [5, 5.41) is 6.15. The van der Waals surface area contributed by atoms with Gasteiger partial charge in [0.2, 0.25) is 10.0 Å². The Balaban J connectivity index is 3.22.